The number of carboxylic acids is 1. The molecule has 2 heterocycles. The molecule has 2 aromatic heterocycles. The molecular formula is C24H27N3O3. The lowest BCUT2D eigenvalue weighted by atomic mass is 9.93. The third-order valence-electron chi connectivity index (χ3n) is 6.13. The quantitative estimate of drug-likeness (QED) is 0.655. The highest BCUT2D eigenvalue weighted by atomic mass is 16.4. The highest BCUT2D eigenvalue weighted by Crippen LogP contribution is 2.44. The van der Waals surface area contributed by atoms with Crippen LogP contribution in [0.1, 0.15) is 61.4 Å². The summed E-state index contributed by atoms with van der Waals surface area (Å²) in [6.07, 6.45) is 6.58. The van der Waals surface area contributed by atoms with E-state index in [-0.39, 0.29) is 0 Å². The van der Waals surface area contributed by atoms with E-state index in [0.717, 1.165) is 35.1 Å². The molecule has 0 unspecified atom stereocenters. The molecule has 0 spiro atoms. The van der Waals surface area contributed by atoms with Gasteiger partial charge in [-0.25, -0.2) is 4.79 Å². The minimum Gasteiger partial charge on any atom is -0.480 e. The summed E-state index contributed by atoms with van der Waals surface area (Å²) in [4.78, 5) is 28.7. The van der Waals surface area contributed by atoms with Gasteiger partial charge in [0.15, 0.2) is 0 Å². The molecule has 0 bridgehead atoms. The lowest BCUT2D eigenvalue weighted by Crippen LogP contribution is -2.49. The van der Waals surface area contributed by atoms with Crippen molar-refractivity contribution in [1.82, 2.24) is 14.9 Å². The Bertz CT molecular complexity index is 1110. The van der Waals surface area contributed by atoms with Crippen molar-refractivity contribution in [2.24, 2.45) is 7.05 Å². The van der Waals surface area contributed by atoms with Crippen molar-refractivity contribution in [3.05, 3.63) is 53.7 Å². The summed E-state index contributed by atoms with van der Waals surface area (Å²) in [6.45, 7) is 2.96. The van der Waals surface area contributed by atoms with Crippen LogP contribution in [-0.4, -0.2) is 32.1 Å². The van der Waals surface area contributed by atoms with Gasteiger partial charge in [-0.1, -0.05) is 25.0 Å². The molecule has 1 saturated carbocycles. The van der Waals surface area contributed by atoms with Crippen molar-refractivity contribution >= 4 is 22.8 Å². The Hall–Kier alpha value is -3.15. The molecule has 4 rings (SSSR count). The number of carbonyl (C=O) groups is 2. The number of pyridine rings is 1. The van der Waals surface area contributed by atoms with E-state index < -0.39 is 17.4 Å². The van der Waals surface area contributed by atoms with Gasteiger partial charge in [0, 0.05) is 29.7 Å². The van der Waals surface area contributed by atoms with E-state index in [1.165, 1.54) is 32.3 Å². The highest BCUT2D eigenvalue weighted by Gasteiger charge is 2.30. The van der Waals surface area contributed by atoms with Crippen LogP contribution in [0.4, 0.5) is 0 Å². The van der Waals surface area contributed by atoms with Gasteiger partial charge in [0.25, 0.3) is 5.91 Å². The Kier molecular flexibility index (Phi) is 5.10. The van der Waals surface area contributed by atoms with Crippen molar-refractivity contribution in [2.75, 3.05) is 0 Å². The molecule has 0 aliphatic heterocycles. The molecular weight excluding hydrogens is 378 g/mol. The second kappa shape index (κ2) is 7.59. The molecule has 156 valence electrons. The van der Waals surface area contributed by atoms with E-state index in [4.69, 9.17) is 0 Å². The van der Waals surface area contributed by atoms with E-state index in [0.29, 0.717) is 11.5 Å². The van der Waals surface area contributed by atoms with Crippen molar-refractivity contribution in [3.8, 4) is 11.4 Å². The van der Waals surface area contributed by atoms with Crippen LogP contribution >= 0.6 is 0 Å². The van der Waals surface area contributed by atoms with Crippen molar-refractivity contribution in [2.45, 2.75) is 51.0 Å². The molecule has 2 N–H and O–H groups in total. The number of amides is 1. The molecule has 6 nitrogen and oxygen atoms in total. The van der Waals surface area contributed by atoms with Crippen molar-refractivity contribution in [3.63, 3.8) is 0 Å². The number of hydrogen-bond acceptors (Lipinski definition) is 3. The number of nitrogens with zero attached hydrogens (tertiary/aromatic N) is 2. The molecule has 0 radical (unpaired) electrons. The number of aromatic nitrogens is 2. The van der Waals surface area contributed by atoms with E-state index in [1.807, 2.05) is 37.4 Å². The van der Waals surface area contributed by atoms with Gasteiger partial charge < -0.3 is 15.0 Å². The molecule has 1 fully saturated rings. The number of carboxylic acid groups (broad SMARTS) is 1. The van der Waals surface area contributed by atoms with Crippen LogP contribution in [0.25, 0.3) is 22.3 Å². The summed E-state index contributed by atoms with van der Waals surface area (Å²) in [5.74, 6) is -0.986. The topological polar surface area (TPSA) is 84.2 Å². The number of rotatable bonds is 5. The molecule has 0 atom stereocenters. The Morgan fingerprint density at radius 1 is 1.17 bits per heavy atom. The minimum atomic E-state index is -1.34. The van der Waals surface area contributed by atoms with Crippen LogP contribution in [-0.2, 0) is 11.8 Å². The smallest absolute Gasteiger partial charge is 0.328 e. The summed E-state index contributed by atoms with van der Waals surface area (Å²) >= 11 is 0. The van der Waals surface area contributed by atoms with Gasteiger partial charge in [0.05, 0.1) is 11.4 Å². The van der Waals surface area contributed by atoms with Crippen molar-refractivity contribution < 1.29 is 14.7 Å². The Labute approximate surface area is 175 Å². The molecule has 1 aromatic carbocycles. The maximum Gasteiger partial charge on any atom is 0.328 e. The highest BCUT2D eigenvalue weighted by molar-refractivity contribution is 6.02. The van der Waals surface area contributed by atoms with Gasteiger partial charge in [-0.15, -0.1) is 0 Å². The lowest BCUT2D eigenvalue weighted by molar-refractivity contribution is -0.143. The van der Waals surface area contributed by atoms with Crippen LogP contribution in [0.2, 0.25) is 0 Å². The third-order valence-corrected chi connectivity index (χ3v) is 6.13. The molecule has 1 aliphatic carbocycles. The second-order valence-electron chi connectivity index (χ2n) is 8.63. The number of nitrogens with one attached hydrogen (secondary N) is 1. The molecule has 1 amide bonds. The maximum atomic E-state index is 12.7. The van der Waals surface area contributed by atoms with Crippen LogP contribution in [0.5, 0.6) is 0 Å². The first-order chi connectivity index (χ1) is 14.3. The van der Waals surface area contributed by atoms with Gasteiger partial charge in [0.2, 0.25) is 0 Å². The largest absolute Gasteiger partial charge is 0.480 e. The second-order valence-corrected chi connectivity index (χ2v) is 8.63. The summed E-state index contributed by atoms with van der Waals surface area (Å²) in [5.41, 5.74) is 3.40. The predicted molar refractivity (Wildman–Crippen MR) is 117 cm³/mol. The zero-order valence-electron chi connectivity index (χ0n) is 17.6. The molecule has 1 aliphatic rings. The Balaban J connectivity index is 1.84. The van der Waals surface area contributed by atoms with Gasteiger partial charge in [-0.05, 0) is 62.4 Å². The Morgan fingerprint density at radius 2 is 1.90 bits per heavy atom. The van der Waals surface area contributed by atoms with Crippen LogP contribution in [0.15, 0.2) is 42.6 Å². The zero-order chi connectivity index (χ0) is 21.5. The summed E-state index contributed by atoms with van der Waals surface area (Å²) in [7, 11) is 2.01. The van der Waals surface area contributed by atoms with Crippen molar-refractivity contribution in [1.29, 1.82) is 0 Å². The SMILES string of the molecule is Cn1c(-c2ccccn2)c(C2CCCC2)c2ccc(C(=O)NC(C)(C)C(=O)O)cc21. The van der Waals surface area contributed by atoms with Crippen LogP contribution in [0.3, 0.4) is 0 Å². The molecule has 0 saturated heterocycles. The summed E-state index contributed by atoms with van der Waals surface area (Å²) in [6, 6.07) is 11.6. The minimum absolute atomic E-state index is 0.396. The fourth-order valence-electron chi connectivity index (χ4n) is 4.46. The summed E-state index contributed by atoms with van der Waals surface area (Å²) in [5, 5.41) is 13.1. The number of carbonyl (C=O) groups excluding carboxylic acids is 1. The number of hydrogen-bond donors (Lipinski definition) is 2. The zero-order valence-corrected chi connectivity index (χ0v) is 17.6. The molecule has 3 aromatic rings. The van der Waals surface area contributed by atoms with Crippen LogP contribution < -0.4 is 5.32 Å². The normalized spacial score (nSPS) is 14.9. The number of aliphatic carboxylic acids is 1. The van der Waals surface area contributed by atoms with Gasteiger partial charge in [-0.3, -0.25) is 9.78 Å². The fourth-order valence-corrected chi connectivity index (χ4v) is 4.46. The first-order valence-electron chi connectivity index (χ1n) is 10.4. The fraction of sp³-hybridized carbons (Fsp3) is 0.375. The van der Waals surface area contributed by atoms with Crippen LogP contribution in [0, 0.1) is 0 Å². The average Bonchev–Trinajstić information content (AvgIpc) is 3.34. The van der Waals surface area contributed by atoms with E-state index in [9.17, 15) is 14.7 Å². The first-order valence-corrected chi connectivity index (χ1v) is 10.4. The Morgan fingerprint density at radius 3 is 2.53 bits per heavy atom. The third kappa shape index (κ3) is 3.47. The number of benzene rings is 1. The lowest BCUT2D eigenvalue weighted by Gasteiger charge is -2.21. The summed E-state index contributed by atoms with van der Waals surface area (Å²) < 4.78 is 2.12. The van der Waals surface area contributed by atoms with Gasteiger partial charge in [-0.2, -0.15) is 0 Å². The van der Waals surface area contributed by atoms with E-state index >= 15 is 0 Å². The number of fused-ring (bicyclic) bond motifs is 1. The monoisotopic (exact) mass is 405 g/mol. The van der Waals surface area contributed by atoms with Gasteiger partial charge >= 0.3 is 5.97 Å². The average molecular weight is 405 g/mol. The van der Waals surface area contributed by atoms with E-state index in [2.05, 4.69) is 14.9 Å². The van der Waals surface area contributed by atoms with Gasteiger partial charge in [0.1, 0.15) is 5.54 Å². The van der Waals surface area contributed by atoms with E-state index in [1.54, 1.807) is 12.3 Å². The molecule has 6 heteroatoms. The number of aryl methyl sites for hydroxylation is 1. The standard InChI is InChI=1S/C24H27N3O3/c1-24(2,23(29)30)26-22(28)16-11-12-17-19(14-16)27(3)21(18-10-6-7-13-25-18)20(17)15-8-4-5-9-15/h6-7,10-15H,4-5,8-9H2,1-3H3,(H,26,28)(H,29,30). The maximum absolute atomic E-state index is 12.7. The first kappa shape index (κ1) is 20.1. The molecule has 30 heavy (non-hydrogen) atoms. The predicted octanol–water partition coefficient (Wildman–Crippen LogP) is 4.49.